The number of nitrogens with zero attached hydrogens (tertiary/aromatic N) is 2. The van der Waals surface area contributed by atoms with E-state index in [1.165, 1.54) is 7.11 Å². The maximum atomic E-state index is 11.5. The number of carbonyl (C=O) groups is 1. The number of rotatable bonds is 3. The van der Waals surface area contributed by atoms with Crippen LogP contribution < -0.4 is 5.73 Å². The van der Waals surface area contributed by atoms with Gasteiger partial charge in [-0.05, 0) is 0 Å². The van der Waals surface area contributed by atoms with Gasteiger partial charge < -0.3 is 10.5 Å². The molecule has 0 saturated carbocycles. The van der Waals surface area contributed by atoms with Crippen LogP contribution >= 0.6 is 0 Å². The molecule has 5 heteroatoms. The van der Waals surface area contributed by atoms with Gasteiger partial charge in [-0.25, -0.2) is 4.79 Å². The topological polar surface area (TPSA) is 70.1 Å². The average Bonchev–Trinajstić information content (AvgIpc) is 2.60. The van der Waals surface area contributed by atoms with Gasteiger partial charge >= 0.3 is 5.97 Å². The predicted octanol–water partition coefficient (Wildman–Crippen LogP) is 0.443. The van der Waals surface area contributed by atoms with Crippen LogP contribution in [0.5, 0.6) is 0 Å². The number of ether oxygens (including phenoxy) is 1. The highest BCUT2D eigenvalue weighted by Crippen LogP contribution is 2.24. The van der Waals surface area contributed by atoms with E-state index in [0.717, 1.165) is 5.56 Å². The maximum absolute atomic E-state index is 11.5. The molecule has 0 aliphatic carbocycles. The molecule has 5 nitrogen and oxygen atoms in total. The highest BCUT2D eigenvalue weighted by Gasteiger charge is 2.28. The van der Waals surface area contributed by atoms with Gasteiger partial charge in [0.15, 0.2) is 5.69 Å². The molecule has 1 aromatic heterocycles. The van der Waals surface area contributed by atoms with Crippen molar-refractivity contribution in [1.82, 2.24) is 9.78 Å². The lowest BCUT2D eigenvalue weighted by molar-refractivity contribution is 0.0590. The Balaban J connectivity index is 3.23. The number of aryl methyl sites for hydroxylation is 1. The van der Waals surface area contributed by atoms with Gasteiger partial charge in [0.2, 0.25) is 0 Å². The van der Waals surface area contributed by atoms with E-state index in [-0.39, 0.29) is 5.41 Å². The first-order chi connectivity index (χ1) is 6.92. The highest BCUT2D eigenvalue weighted by atomic mass is 16.5. The zero-order chi connectivity index (χ0) is 11.6. The van der Waals surface area contributed by atoms with Crippen LogP contribution in [0.15, 0.2) is 6.20 Å². The Morgan fingerprint density at radius 2 is 2.27 bits per heavy atom. The molecule has 0 unspecified atom stereocenters. The van der Waals surface area contributed by atoms with Gasteiger partial charge in [-0.2, -0.15) is 5.10 Å². The van der Waals surface area contributed by atoms with Crippen LogP contribution in [0.2, 0.25) is 0 Å². The lowest BCUT2D eigenvalue weighted by Gasteiger charge is -2.21. The second-order valence-electron chi connectivity index (χ2n) is 4.14. The zero-order valence-electron chi connectivity index (χ0n) is 9.57. The monoisotopic (exact) mass is 211 g/mol. The SMILES string of the molecule is COC(=O)c1nn(C)cc1C(C)(C)CN. The Hall–Kier alpha value is -1.36. The van der Waals surface area contributed by atoms with Gasteiger partial charge in [0.05, 0.1) is 7.11 Å². The summed E-state index contributed by atoms with van der Waals surface area (Å²) in [6, 6.07) is 0. The minimum atomic E-state index is -0.424. The van der Waals surface area contributed by atoms with Crippen LogP contribution in [-0.2, 0) is 17.2 Å². The summed E-state index contributed by atoms with van der Waals surface area (Å²) >= 11 is 0. The fraction of sp³-hybridized carbons (Fsp3) is 0.600. The Bertz CT molecular complexity index is 369. The third-order valence-corrected chi connectivity index (χ3v) is 2.45. The van der Waals surface area contributed by atoms with Crippen LogP contribution in [0, 0.1) is 0 Å². The van der Waals surface area contributed by atoms with Crippen molar-refractivity contribution in [2.75, 3.05) is 13.7 Å². The third-order valence-electron chi connectivity index (χ3n) is 2.45. The Morgan fingerprint density at radius 1 is 1.67 bits per heavy atom. The van der Waals surface area contributed by atoms with Crippen molar-refractivity contribution in [2.45, 2.75) is 19.3 Å². The van der Waals surface area contributed by atoms with Crippen molar-refractivity contribution in [1.29, 1.82) is 0 Å². The van der Waals surface area contributed by atoms with E-state index < -0.39 is 5.97 Å². The molecule has 0 bridgehead atoms. The van der Waals surface area contributed by atoms with Gasteiger partial charge in [-0.15, -0.1) is 0 Å². The maximum Gasteiger partial charge on any atom is 0.358 e. The summed E-state index contributed by atoms with van der Waals surface area (Å²) in [6.07, 6.45) is 1.80. The van der Waals surface area contributed by atoms with Crippen molar-refractivity contribution >= 4 is 5.97 Å². The molecule has 2 N–H and O–H groups in total. The van der Waals surface area contributed by atoms with E-state index in [4.69, 9.17) is 5.73 Å². The fourth-order valence-electron chi connectivity index (χ4n) is 1.34. The number of aromatic nitrogens is 2. The molecule has 84 valence electrons. The van der Waals surface area contributed by atoms with E-state index >= 15 is 0 Å². The van der Waals surface area contributed by atoms with Gasteiger partial charge in [-0.1, -0.05) is 13.8 Å². The van der Waals surface area contributed by atoms with Crippen molar-refractivity contribution in [2.24, 2.45) is 12.8 Å². The van der Waals surface area contributed by atoms with E-state index in [1.54, 1.807) is 17.9 Å². The molecule has 1 heterocycles. The lowest BCUT2D eigenvalue weighted by Crippen LogP contribution is -2.29. The Labute approximate surface area is 89.2 Å². The molecule has 1 rings (SSSR count). The third kappa shape index (κ3) is 2.18. The highest BCUT2D eigenvalue weighted by molar-refractivity contribution is 5.89. The number of methoxy groups -OCH3 is 1. The van der Waals surface area contributed by atoms with Crippen molar-refractivity contribution in [3.05, 3.63) is 17.5 Å². The summed E-state index contributed by atoms with van der Waals surface area (Å²) in [7, 11) is 3.11. The summed E-state index contributed by atoms with van der Waals surface area (Å²) in [5.74, 6) is -0.424. The predicted molar refractivity (Wildman–Crippen MR) is 56.6 cm³/mol. The van der Waals surface area contributed by atoms with Gasteiger partial charge in [0.25, 0.3) is 0 Å². The molecule has 15 heavy (non-hydrogen) atoms. The summed E-state index contributed by atoms with van der Waals surface area (Å²) in [4.78, 5) is 11.5. The van der Waals surface area contributed by atoms with E-state index in [0.29, 0.717) is 12.2 Å². The fourth-order valence-corrected chi connectivity index (χ4v) is 1.34. The summed E-state index contributed by atoms with van der Waals surface area (Å²) in [5.41, 5.74) is 6.55. The number of hydrogen-bond donors (Lipinski definition) is 1. The quantitative estimate of drug-likeness (QED) is 0.737. The van der Waals surface area contributed by atoms with Crippen molar-refractivity contribution in [3.63, 3.8) is 0 Å². The first-order valence-electron chi connectivity index (χ1n) is 4.75. The van der Waals surface area contributed by atoms with Crippen LogP contribution in [0.1, 0.15) is 29.9 Å². The Kier molecular flexibility index (Phi) is 3.14. The molecular weight excluding hydrogens is 194 g/mol. The van der Waals surface area contributed by atoms with Crippen LogP contribution in [0.25, 0.3) is 0 Å². The first kappa shape index (κ1) is 11.7. The second kappa shape index (κ2) is 4.02. The molecule has 0 amide bonds. The first-order valence-corrected chi connectivity index (χ1v) is 4.75. The summed E-state index contributed by atoms with van der Waals surface area (Å²) in [6.45, 7) is 4.38. The molecule has 1 aromatic rings. The van der Waals surface area contributed by atoms with Gasteiger partial charge in [-0.3, -0.25) is 4.68 Å². The molecular formula is C10H17N3O2. The number of carbonyl (C=O) groups excluding carboxylic acids is 1. The van der Waals surface area contributed by atoms with E-state index in [1.807, 2.05) is 13.8 Å². The molecule has 0 fully saturated rings. The number of nitrogens with two attached hydrogens (primary N) is 1. The molecule has 0 aliphatic heterocycles. The number of hydrogen-bond acceptors (Lipinski definition) is 4. The molecule has 0 aliphatic rings. The smallest absolute Gasteiger partial charge is 0.358 e. The normalized spacial score (nSPS) is 11.5. The van der Waals surface area contributed by atoms with Gasteiger partial charge in [0.1, 0.15) is 0 Å². The average molecular weight is 211 g/mol. The van der Waals surface area contributed by atoms with Crippen LogP contribution in [0.3, 0.4) is 0 Å². The standard InChI is InChI=1S/C10H17N3O2/c1-10(2,6-11)7-5-13(3)12-8(7)9(14)15-4/h5H,6,11H2,1-4H3. The van der Waals surface area contributed by atoms with Crippen molar-refractivity contribution < 1.29 is 9.53 Å². The van der Waals surface area contributed by atoms with E-state index in [2.05, 4.69) is 9.84 Å². The lowest BCUT2D eigenvalue weighted by atomic mass is 9.85. The number of esters is 1. The molecule has 0 aromatic carbocycles. The minimum absolute atomic E-state index is 0.280. The summed E-state index contributed by atoms with van der Waals surface area (Å²) < 4.78 is 6.27. The molecule has 0 atom stereocenters. The largest absolute Gasteiger partial charge is 0.464 e. The van der Waals surface area contributed by atoms with Crippen LogP contribution in [0.4, 0.5) is 0 Å². The van der Waals surface area contributed by atoms with Crippen molar-refractivity contribution in [3.8, 4) is 0 Å². The molecule has 0 spiro atoms. The Morgan fingerprint density at radius 3 is 2.73 bits per heavy atom. The van der Waals surface area contributed by atoms with E-state index in [9.17, 15) is 4.79 Å². The zero-order valence-corrected chi connectivity index (χ0v) is 9.57. The minimum Gasteiger partial charge on any atom is -0.464 e. The van der Waals surface area contributed by atoms with Crippen LogP contribution in [-0.4, -0.2) is 29.4 Å². The molecule has 0 radical (unpaired) electrons. The van der Waals surface area contributed by atoms with Gasteiger partial charge in [0, 0.05) is 30.8 Å². The molecule has 0 saturated heterocycles. The summed E-state index contributed by atoms with van der Waals surface area (Å²) in [5, 5.41) is 4.08. The second-order valence-corrected chi connectivity index (χ2v) is 4.14.